The zero-order valence-corrected chi connectivity index (χ0v) is 15.9. The van der Waals surface area contributed by atoms with Gasteiger partial charge >= 0.3 is 12.1 Å². The number of amides is 2. The first-order valence-electron chi connectivity index (χ1n) is 9.72. The number of carboxylic acids is 1. The van der Waals surface area contributed by atoms with Crippen molar-refractivity contribution < 1.29 is 24.2 Å². The number of hydrogen-bond acceptors (Lipinski definition) is 4. The lowest BCUT2D eigenvalue weighted by Crippen LogP contribution is -2.58. The molecule has 2 aliphatic heterocycles. The third-order valence-corrected chi connectivity index (χ3v) is 5.71. The molecule has 146 valence electrons. The van der Waals surface area contributed by atoms with E-state index in [2.05, 4.69) is 5.32 Å². The van der Waals surface area contributed by atoms with Gasteiger partial charge in [-0.25, -0.2) is 9.59 Å². The molecule has 26 heavy (non-hydrogen) atoms. The largest absolute Gasteiger partial charge is 0.480 e. The van der Waals surface area contributed by atoms with Crippen LogP contribution in [0.4, 0.5) is 4.79 Å². The smallest absolute Gasteiger partial charge is 0.408 e. The Bertz CT molecular complexity index is 581. The topological polar surface area (TPSA) is 95.9 Å². The Morgan fingerprint density at radius 2 is 1.81 bits per heavy atom. The van der Waals surface area contributed by atoms with Crippen LogP contribution in [0.25, 0.3) is 0 Å². The Balaban J connectivity index is 1.83. The van der Waals surface area contributed by atoms with Crippen molar-refractivity contribution in [3.8, 4) is 0 Å². The zero-order valence-electron chi connectivity index (χ0n) is 15.9. The van der Waals surface area contributed by atoms with Crippen molar-refractivity contribution in [2.45, 2.75) is 89.4 Å². The Morgan fingerprint density at radius 1 is 1.12 bits per heavy atom. The SMILES string of the molecule is CC(C)(C)OC(=O)N[C@@H]1C(=O)N2[C@@H](CCC[C@@H]1C1CC1)CC[C@H]2C(=O)O. The third kappa shape index (κ3) is 4.13. The number of carbonyl (C=O) groups is 3. The van der Waals surface area contributed by atoms with Crippen LogP contribution >= 0.6 is 0 Å². The van der Waals surface area contributed by atoms with E-state index in [1.807, 2.05) is 0 Å². The summed E-state index contributed by atoms with van der Waals surface area (Å²) in [6.07, 6.45) is 5.41. The molecule has 0 bridgehead atoms. The maximum Gasteiger partial charge on any atom is 0.408 e. The van der Waals surface area contributed by atoms with Gasteiger partial charge in [-0.2, -0.15) is 0 Å². The highest BCUT2D eigenvalue weighted by Crippen LogP contribution is 2.44. The minimum Gasteiger partial charge on any atom is -0.480 e. The van der Waals surface area contributed by atoms with Gasteiger partial charge in [0.2, 0.25) is 5.91 Å². The van der Waals surface area contributed by atoms with Crippen molar-refractivity contribution in [1.29, 1.82) is 0 Å². The van der Waals surface area contributed by atoms with Crippen LogP contribution < -0.4 is 5.32 Å². The van der Waals surface area contributed by atoms with Gasteiger partial charge in [0.15, 0.2) is 0 Å². The number of carboxylic acid groups (broad SMARTS) is 1. The monoisotopic (exact) mass is 366 g/mol. The van der Waals surface area contributed by atoms with Crippen molar-refractivity contribution >= 4 is 18.0 Å². The van der Waals surface area contributed by atoms with E-state index in [0.717, 1.165) is 38.5 Å². The van der Waals surface area contributed by atoms with Crippen LogP contribution in [-0.4, -0.2) is 51.7 Å². The molecule has 0 radical (unpaired) electrons. The van der Waals surface area contributed by atoms with Crippen LogP contribution in [0.5, 0.6) is 0 Å². The molecular formula is C19H30N2O5. The van der Waals surface area contributed by atoms with Crippen LogP contribution in [-0.2, 0) is 14.3 Å². The number of fused-ring (bicyclic) bond motifs is 1. The van der Waals surface area contributed by atoms with E-state index in [-0.39, 0.29) is 17.9 Å². The van der Waals surface area contributed by atoms with E-state index in [1.165, 1.54) is 0 Å². The number of aliphatic carboxylic acids is 1. The number of carbonyl (C=O) groups excluding carboxylic acids is 2. The highest BCUT2D eigenvalue weighted by atomic mass is 16.6. The summed E-state index contributed by atoms with van der Waals surface area (Å²) in [6, 6.07) is -1.51. The molecule has 7 heteroatoms. The molecule has 3 aliphatic rings. The summed E-state index contributed by atoms with van der Waals surface area (Å²) in [6.45, 7) is 5.34. The van der Waals surface area contributed by atoms with Crippen LogP contribution in [0.1, 0.15) is 65.7 Å². The van der Waals surface area contributed by atoms with Gasteiger partial charge in [0, 0.05) is 6.04 Å². The predicted molar refractivity (Wildman–Crippen MR) is 94.5 cm³/mol. The maximum absolute atomic E-state index is 13.3. The quantitative estimate of drug-likeness (QED) is 0.800. The lowest BCUT2D eigenvalue weighted by atomic mass is 9.85. The third-order valence-electron chi connectivity index (χ3n) is 5.71. The molecule has 3 rings (SSSR count). The van der Waals surface area contributed by atoms with Crippen molar-refractivity contribution in [1.82, 2.24) is 10.2 Å². The molecule has 1 aliphatic carbocycles. The standard InChI is InChI=1S/C19H30N2O5/c1-19(2,3)26-18(25)20-15-13(11-7-8-11)6-4-5-12-9-10-14(17(23)24)21(12)16(15)22/h11-15H,4-10H2,1-3H3,(H,20,25)(H,23,24)/t12-,13+,14-,15-/m0/s1. The Hall–Kier alpha value is -1.79. The lowest BCUT2D eigenvalue weighted by molar-refractivity contribution is -0.152. The van der Waals surface area contributed by atoms with Gasteiger partial charge in [0.1, 0.15) is 17.7 Å². The highest BCUT2D eigenvalue weighted by molar-refractivity contribution is 5.90. The predicted octanol–water partition coefficient (Wildman–Crippen LogP) is 2.53. The number of nitrogens with one attached hydrogen (secondary N) is 1. The first-order chi connectivity index (χ1) is 12.2. The Kier molecular flexibility index (Phi) is 5.17. The van der Waals surface area contributed by atoms with E-state index in [9.17, 15) is 19.5 Å². The lowest BCUT2D eigenvalue weighted by Gasteiger charge is -2.38. The average Bonchev–Trinajstić information content (AvgIpc) is 3.25. The van der Waals surface area contributed by atoms with E-state index in [1.54, 1.807) is 25.7 Å². The molecule has 0 spiro atoms. The molecule has 0 aromatic carbocycles. The van der Waals surface area contributed by atoms with Gasteiger partial charge < -0.3 is 20.1 Å². The minimum atomic E-state index is -0.958. The van der Waals surface area contributed by atoms with E-state index in [4.69, 9.17) is 4.74 Å². The maximum atomic E-state index is 13.3. The molecule has 7 nitrogen and oxygen atoms in total. The van der Waals surface area contributed by atoms with Crippen molar-refractivity contribution in [2.24, 2.45) is 11.8 Å². The Labute approximate surface area is 154 Å². The van der Waals surface area contributed by atoms with Gasteiger partial charge in [0.25, 0.3) is 0 Å². The molecule has 2 amide bonds. The van der Waals surface area contributed by atoms with Crippen LogP contribution in [0.3, 0.4) is 0 Å². The molecule has 4 atom stereocenters. The average molecular weight is 366 g/mol. The summed E-state index contributed by atoms with van der Waals surface area (Å²) in [7, 11) is 0. The normalized spacial score (nSPS) is 32.4. The van der Waals surface area contributed by atoms with Gasteiger partial charge in [-0.1, -0.05) is 6.42 Å². The number of hydrogen-bond donors (Lipinski definition) is 2. The fourth-order valence-electron chi connectivity index (χ4n) is 4.48. The molecule has 1 saturated carbocycles. The molecule has 0 aromatic heterocycles. The van der Waals surface area contributed by atoms with E-state index in [0.29, 0.717) is 12.3 Å². The van der Waals surface area contributed by atoms with E-state index < -0.39 is 29.7 Å². The highest BCUT2D eigenvalue weighted by Gasteiger charge is 2.49. The second-order valence-corrected chi connectivity index (χ2v) is 8.89. The second-order valence-electron chi connectivity index (χ2n) is 8.89. The van der Waals surface area contributed by atoms with Gasteiger partial charge in [-0.3, -0.25) is 4.79 Å². The van der Waals surface area contributed by atoms with Crippen molar-refractivity contribution in [3.63, 3.8) is 0 Å². The molecule has 0 aromatic rings. The van der Waals surface area contributed by atoms with Crippen LogP contribution in [0.15, 0.2) is 0 Å². The number of nitrogens with zero attached hydrogens (tertiary/aromatic N) is 1. The first kappa shape index (κ1) is 19.0. The zero-order chi connectivity index (χ0) is 19.1. The van der Waals surface area contributed by atoms with E-state index >= 15 is 0 Å². The molecule has 2 N–H and O–H groups in total. The number of ether oxygens (including phenoxy) is 1. The van der Waals surface area contributed by atoms with Crippen LogP contribution in [0, 0.1) is 11.8 Å². The summed E-state index contributed by atoms with van der Waals surface area (Å²) < 4.78 is 5.36. The summed E-state index contributed by atoms with van der Waals surface area (Å²) in [5.74, 6) is -0.713. The Morgan fingerprint density at radius 3 is 2.38 bits per heavy atom. The minimum absolute atomic E-state index is 0.0355. The fourth-order valence-corrected chi connectivity index (χ4v) is 4.48. The number of rotatable bonds is 3. The fraction of sp³-hybridized carbons (Fsp3) is 0.842. The van der Waals surface area contributed by atoms with Crippen molar-refractivity contribution in [3.05, 3.63) is 0 Å². The van der Waals surface area contributed by atoms with Gasteiger partial charge in [-0.15, -0.1) is 0 Å². The van der Waals surface area contributed by atoms with Gasteiger partial charge in [-0.05, 0) is 71.1 Å². The second kappa shape index (κ2) is 7.08. The molecule has 2 heterocycles. The molecule has 0 unspecified atom stereocenters. The van der Waals surface area contributed by atoms with Crippen LogP contribution in [0.2, 0.25) is 0 Å². The molecule has 3 fully saturated rings. The first-order valence-corrected chi connectivity index (χ1v) is 9.72. The number of alkyl carbamates (subject to hydrolysis) is 1. The summed E-state index contributed by atoms with van der Waals surface area (Å²) in [5.41, 5.74) is -0.649. The molecule has 2 saturated heterocycles. The summed E-state index contributed by atoms with van der Waals surface area (Å²) >= 11 is 0. The summed E-state index contributed by atoms with van der Waals surface area (Å²) in [4.78, 5) is 38.9. The summed E-state index contributed by atoms with van der Waals surface area (Å²) in [5, 5.41) is 12.3. The van der Waals surface area contributed by atoms with Crippen molar-refractivity contribution in [2.75, 3.05) is 0 Å². The molecular weight excluding hydrogens is 336 g/mol. The van der Waals surface area contributed by atoms with Gasteiger partial charge in [0.05, 0.1) is 0 Å².